The average Bonchev–Trinajstić information content (AvgIpc) is 3.46. The van der Waals surface area contributed by atoms with Crippen LogP contribution in [0.1, 0.15) is 386 Å². The predicted octanol–water partition coefficient (Wildman–Crippen LogP) is 23.3. The average molecular weight is 1120 g/mol. The molecule has 0 aromatic carbocycles. The van der Waals surface area contributed by atoms with Gasteiger partial charge in [0.25, 0.3) is 0 Å². The van der Waals surface area contributed by atoms with Crippen molar-refractivity contribution in [2.24, 2.45) is 0 Å². The summed E-state index contributed by atoms with van der Waals surface area (Å²) in [5.74, 6) is -0.0272. The Kier molecular flexibility index (Phi) is 67.4. The predicted molar refractivity (Wildman–Crippen MR) is 352 cm³/mol. The molecule has 2 unspecified atom stereocenters. The van der Waals surface area contributed by atoms with Crippen LogP contribution in [0.4, 0.5) is 0 Å². The van der Waals surface area contributed by atoms with Crippen molar-refractivity contribution in [3.8, 4) is 0 Å². The number of ether oxygens (including phenoxy) is 1. The molecule has 0 aliphatic rings. The summed E-state index contributed by atoms with van der Waals surface area (Å²) in [6.45, 7) is 4.93. The highest BCUT2D eigenvalue weighted by molar-refractivity contribution is 5.76. The van der Waals surface area contributed by atoms with Gasteiger partial charge in [-0.1, -0.05) is 332 Å². The fraction of sp³-hybridized carbons (Fsp3) is 0.865. The lowest BCUT2D eigenvalue weighted by molar-refractivity contribution is -0.143. The van der Waals surface area contributed by atoms with Crippen LogP contribution < -0.4 is 5.32 Å². The zero-order valence-electron chi connectivity index (χ0n) is 53.8. The summed E-state index contributed by atoms with van der Waals surface area (Å²) in [6.07, 6.45) is 90.4. The zero-order valence-corrected chi connectivity index (χ0v) is 53.8. The van der Waals surface area contributed by atoms with Gasteiger partial charge in [-0.3, -0.25) is 9.59 Å². The summed E-state index contributed by atoms with van der Waals surface area (Å²) in [5.41, 5.74) is 0. The highest BCUT2D eigenvalue weighted by Gasteiger charge is 2.20. The number of hydrogen-bond acceptors (Lipinski definition) is 5. The first-order valence-electron chi connectivity index (χ1n) is 35.9. The van der Waals surface area contributed by atoms with Gasteiger partial charge in [0.15, 0.2) is 0 Å². The highest BCUT2D eigenvalue weighted by Crippen LogP contribution is 2.18. The summed E-state index contributed by atoms with van der Waals surface area (Å²) in [6, 6.07) is -0.538. The second-order valence-corrected chi connectivity index (χ2v) is 24.6. The molecular formula is C74H139NO5. The minimum atomic E-state index is -0.661. The summed E-state index contributed by atoms with van der Waals surface area (Å²) in [7, 11) is 0. The van der Waals surface area contributed by atoms with E-state index in [1.807, 2.05) is 0 Å². The lowest BCUT2D eigenvalue weighted by Gasteiger charge is -2.22. The van der Waals surface area contributed by atoms with E-state index in [0.717, 1.165) is 57.8 Å². The van der Waals surface area contributed by atoms with Crippen LogP contribution in [-0.2, 0) is 14.3 Å². The molecule has 0 aromatic heterocycles. The summed E-state index contributed by atoms with van der Waals surface area (Å²) in [5, 5.41) is 23.2. The van der Waals surface area contributed by atoms with E-state index in [4.69, 9.17) is 4.74 Å². The number of aliphatic hydroxyl groups is 2. The molecule has 0 fully saturated rings. The number of carbonyl (C=O) groups is 2. The molecule has 3 N–H and O–H groups in total. The van der Waals surface area contributed by atoms with E-state index in [1.165, 1.54) is 295 Å². The normalized spacial score (nSPS) is 12.8. The summed E-state index contributed by atoms with van der Waals surface area (Å²) >= 11 is 0. The monoisotopic (exact) mass is 1120 g/mol. The lowest BCUT2D eigenvalue weighted by atomic mass is 10.0. The van der Waals surface area contributed by atoms with Gasteiger partial charge < -0.3 is 20.3 Å². The Labute approximate surface area is 499 Å². The molecule has 0 spiro atoms. The summed E-state index contributed by atoms with van der Waals surface area (Å²) in [4.78, 5) is 24.5. The first-order chi connectivity index (χ1) is 39.5. The molecule has 80 heavy (non-hydrogen) atoms. The molecule has 0 aliphatic carbocycles. The Morgan fingerprint density at radius 1 is 0.350 bits per heavy atom. The molecule has 0 saturated heterocycles. The summed E-state index contributed by atoms with van der Waals surface area (Å²) < 4.78 is 5.49. The molecule has 2 atom stereocenters. The van der Waals surface area contributed by atoms with Crippen molar-refractivity contribution in [2.75, 3.05) is 13.2 Å². The van der Waals surface area contributed by atoms with E-state index < -0.39 is 12.1 Å². The number of nitrogens with one attached hydrogen (secondary N) is 1. The van der Waals surface area contributed by atoms with Gasteiger partial charge in [0.1, 0.15) is 0 Å². The van der Waals surface area contributed by atoms with Gasteiger partial charge >= 0.3 is 5.97 Å². The Hall–Kier alpha value is -2.18. The van der Waals surface area contributed by atoms with Crippen LogP contribution in [0.5, 0.6) is 0 Å². The minimum absolute atomic E-state index is 0.00470. The highest BCUT2D eigenvalue weighted by atomic mass is 16.5. The number of unbranched alkanes of at least 4 members (excludes halogenated alkanes) is 48. The van der Waals surface area contributed by atoms with Gasteiger partial charge in [0, 0.05) is 12.8 Å². The van der Waals surface area contributed by atoms with Crippen LogP contribution in [-0.4, -0.2) is 47.4 Å². The van der Waals surface area contributed by atoms with E-state index in [9.17, 15) is 19.8 Å². The van der Waals surface area contributed by atoms with Crippen LogP contribution in [0.15, 0.2) is 48.6 Å². The zero-order chi connectivity index (χ0) is 57.8. The third-order valence-electron chi connectivity index (χ3n) is 16.6. The topological polar surface area (TPSA) is 95.9 Å². The van der Waals surface area contributed by atoms with Gasteiger partial charge in [-0.15, -0.1) is 0 Å². The Morgan fingerprint density at radius 3 is 0.975 bits per heavy atom. The molecule has 0 heterocycles. The number of carbonyl (C=O) groups excluding carboxylic acids is 2. The van der Waals surface area contributed by atoms with Crippen LogP contribution >= 0.6 is 0 Å². The van der Waals surface area contributed by atoms with E-state index in [2.05, 4.69) is 67.8 Å². The van der Waals surface area contributed by atoms with Crippen molar-refractivity contribution >= 4 is 11.9 Å². The van der Waals surface area contributed by atoms with Crippen molar-refractivity contribution in [1.82, 2.24) is 5.32 Å². The maximum absolute atomic E-state index is 12.5. The third kappa shape index (κ3) is 65.0. The Bertz CT molecular complexity index is 1340. The number of hydrogen-bond donors (Lipinski definition) is 3. The van der Waals surface area contributed by atoms with Crippen molar-refractivity contribution in [3.63, 3.8) is 0 Å². The van der Waals surface area contributed by atoms with Crippen molar-refractivity contribution in [1.29, 1.82) is 0 Å². The number of allylic oxidation sites excluding steroid dienone is 8. The molecule has 1 amide bonds. The van der Waals surface area contributed by atoms with E-state index in [1.54, 1.807) is 0 Å². The fourth-order valence-electron chi connectivity index (χ4n) is 11.1. The lowest BCUT2D eigenvalue weighted by Crippen LogP contribution is -2.45. The van der Waals surface area contributed by atoms with Crippen molar-refractivity contribution in [3.05, 3.63) is 48.6 Å². The smallest absolute Gasteiger partial charge is 0.305 e. The van der Waals surface area contributed by atoms with Crippen LogP contribution in [0, 0.1) is 0 Å². The van der Waals surface area contributed by atoms with Crippen LogP contribution in [0.2, 0.25) is 0 Å². The van der Waals surface area contributed by atoms with E-state index in [-0.39, 0.29) is 18.5 Å². The number of aliphatic hydroxyl groups excluding tert-OH is 2. The van der Waals surface area contributed by atoms with Gasteiger partial charge in [0.2, 0.25) is 5.91 Å². The third-order valence-corrected chi connectivity index (χ3v) is 16.6. The quantitative estimate of drug-likeness (QED) is 0.0320. The molecule has 0 aliphatic heterocycles. The van der Waals surface area contributed by atoms with Gasteiger partial charge in [0.05, 0.1) is 25.4 Å². The Morgan fingerprint density at radius 2 is 0.625 bits per heavy atom. The molecule has 0 saturated carbocycles. The molecule has 0 radical (unpaired) electrons. The van der Waals surface area contributed by atoms with E-state index in [0.29, 0.717) is 25.9 Å². The molecule has 470 valence electrons. The van der Waals surface area contributed by atoms with Gasteiger partial charge in [-0.05, 0) is 89.9 Å². The first-order valence-corrected chi connectivity index (χ1v) is 35.9. The SMILES string of the molecule is CCCCC/C=C\C/C=C\CCCCCCCC(=O)OCCCCCCCCCCCCCCC/C=C\C/C=C\CCCCCCCCCCCCCCCCCCCC(=O)NC(CO)C(O)CCCCCCCCCCCCC. The maximum Gasteiger partial charge on any atom is 0.305 e. The van der Waals surface area contributed by atoms with Crippen molar-refractivity contribution in [2.45, 2.75) is 398 Å². The largest absolute Gasteiger partial charge is 0.466 e. The fourth-order valence-corrected chi connectivity index (χ4v) is 11.1. The van der Waals surface area contributed by atoms with Crippen molar-refractivity contribution < 1.29 is 24.5 Å². The Balaban J connectivity index is 3.35. The maximum atomic E-state index is 12.5. The molecule has 0 rings (SSSR count). The molecule has 6 heteroatoms. The number of amides is 1. The van der Waals surface area contributed by atoms with Gasteiger partial charge in [-0.25, -0.2) is 0 Å². The standard InChI is InChI=1S/C74H139NO5/c1-3-5-7-9-11-13-15-16-40-44-48-52-56-60-64-68-74(79)80-69-65-61-57-53-49-45-42-39-37-35-33-31-29-27-25-23-21-19-17-18-20-22-24-26-28-30-32-34-36-38-41-43-47-51-55-59-63-67-73(78)75-71(70-76)72(77)66-62-58-54-50-46-14-12-10-8-6-4-2/h11,13,16-17,19,23,25,40,71-72,76-77H,3-10,12,14-15,18,20-22,24,26-39,41-70H2,1-2H3,(H,75,78)/b13-11-,19-17-,25-23-,40-16-. The number of esters is 1. The first kappa shape index (κ1) is 77.8. The minimum Gasteiger partial charge on any atom is -0.466 e. The molecule has 0 aromatic rings. The molecular weight excluding hydrogens is 983 g/mol. The van der Waals surface area contributed by atoms with E-state index >= 15 is 0 Å². The molecule has 0 bridgehead atoms. The van der Waals surface area contributed by atoms with Crippen LogP contribution in [0.25, 0.3) is 0 Å². The number of rotatable bonds is 67. The molecule has 6 nitrogen and oxygen atoms in total. The second kappa shape index (κ2) is 69.3. The van der Waals surface area contributed by atoms with Crippen LogP contribution in [0.3, 0.4) is 0 Å². The second-order valence-electron chi connectivity index (χ2n) is 24.6. The van der Waals surface area contributed by atoms with Gasteiger partial charge in [-0.2, -0.15) is 0 Å².